The van der Waals surface area contributed by atoms with Gasteiger partial charge >= 0.3 is 0 Å². The van der Waals surface area contributed by atoms with Crippen LogP contribution < -0.4 is 11.1 Å². The van der Waals surface area contributed by atoms with Gasteiger partial charge < -0.3 is 11.1 Å². The highest BCUT2D eigenvalue weighted by molar-refractivity contribution is 5.44. The van der Waals surface area contributed by atoms with Crippen LogP contribution in [-0.4, -0.2) is 18.6 Å². The molecule has 1 rings (SSSR count). The molecule has 2 nitrogen and oxygen atoms in total. The van der Waals surface area contributed by atoms with Gasteiger partial charge in [0, 0.05) is 12.1 Å². The lowest BCUT2D eigenvalue weighted by Crippen LogP contribution is -2.46. The molecule has 1 aromatic carbocycles. The monoisotopic (exact) mass is 248 g/mol. The lowest BCUT2D eigenvalue weighted by atomic mass is 9.92. The number of aryl methyl sites for hydroxylation is 2. The Kier molecular flexibility index (Phi) is 4.94. The molecular formula is C16H28N2. The summed E-state index contributed by atoms with van der Waals surface area (Å²) < 4.78 is 0. The number of benzene rings is 1. The highest BCUT2D eigenvalue weighted by Gasteiger charge is 2.14. The van der Waals surface area contributed by atoms with Crippen LogP contribution in [0.25, 0.3) is 0 Å². The molecule has 0 saturated heterocycles. The van der Waals surface area contributed by atoms with Gasteiger partial charge in [0.05, 0.1) is 0 Å². The van der Waals surface area contributed by atoms with Gasteiger partial charge in [0.2, 0.25) is 0 Å². The van der Waals surface area contributed by atoms with Crippen LogP contribution in [0, 0.1) is 27.7 Å². The standard InChI is InChI=1S/C16H28N2/c1-11-9-12(2)14(4)15(13(11)3)7-8-18-16(5,6)10-17/h9,18H,7-8,10,17H2,1-6H3. The Bertz CT molecular complexity index is 393. The fourth-order valence-electron chi connectivity index (χ4n) is 2.27. The van der Waals surface area contributed by atoms with Crippen LogP contribution in [0.4, 0.5) is 0 Å². The molecule has 102 valence electrons. The van der Waals surface area contributed by atoms with Crippen molar-refractivity contribution >= 4 is 0 Å². The van der Waals surface area contributed by atoms with Crippen molar-refractivity contribution in [3.63, 3.8) is 0 Å². The van der Waals surface area contributed by atoms with E-state index in [1.807, 2.05) is 0 Å². The normalized spacial score (nSPS) is 11.9. The lowest BCUT2D eigenvalue weighted by Gasteiger charge is -2.25. The van der Waals surface area contributed by atoms with Crippen LogP contribution in [-0.2, 0) is 6.42 Å². The molecule has 1 aromatic rings. The van der Waals surface area contributed by atoms with Crippen molar-refractivity contribution in [1.82, 2.24) is 5.32 Å². The zero-order valence-corrected chi connectivity index (χ0v) is 12.8. The van der Waals surface area contributed by atoms with E-state index in [1.165, 1.54) is 27.8 Å². The average Bonchev–Trinajstić information content (AvgIpc) is 2.31. The zero-order valence-electron chi connectivity index (χ0n) is 12.8. The predicted octanol–water partition coefficient (Wildman–Crippen LogP) is 2.79. The molecule has 0 aromatic heterocycles. The van der Waals surface area contributed by atoms with Gasteiger partial charge in [0.25, 0.3) is 0 Å². The van der Waals surface area contributed by atoms with E-state index in [0.29, 0.717) is 6.54 Å². The third-order valence-corrected chi connectivity index (χ3v) is 4.01. The van der Waals surface area contributed by atoms with Crippen LogP contribution in [0.1, 0.15) is 41.7 Å². The van der Waals surface area contributed by atoms with E-state index < -0.39 is 0 Å². The molecule has 0 spiro atoms. The molecule has 0 fully saturated rings. The maximum Gasteiger partial charge on any atom is 0.0247 e. The Morgan fingerprint density at radius 3 is 2.00 bits per heavy atom. The SMILES string of the molecule is Cc1cc(C)c(C)c(CCNC(C)(C)CN)c1C. The molecular weight excluding hydrogens is 220 g/mol. The summed E-state index contributed by atoms with van der Waals surface area (Å²) in [6.45, 7) is 14.8. The van der Waals surface area contributed by atoms with Crippen molar-refractivity contribution in [3.05, 3.63) is 33.9 Å². The maximum atomic E-state index is 5.73. The van der Waals surface area contributed by atoms with E-state index in [2.05, 4.69) is 52.9 Å². The first kappa shape index (κ1) is 15.2. The van der Waals surface area contributed by atoms with Gasteiger partial charge in [-0.1, -0.05) is 6.07 Å². The Morgan fingerprint density at radius 2 is 1.56 bits per heavy atom. The molecule has 0 aliphatic heterocycles. The summed E-state index contributed by atoms with van der Waals surface area (Å²) >= 11 is 0. The van der Waals surface area contributed by atoms with E-state index in [9.17, 15) is 0 Å². The molecule has 18 heavy (non-hydrogen) atoms. The van der Waals surface area contributed by atoms with Crippen molar-refractivity contribution in [2.24, 2.45) is 5.73 Å². The minimum Gasteiger partial charge on any atom is -0.329 e. The number of rotatable bonds is 5. The van der Waals surface area contributed by atoms with E-state index in [4.69, 9.17) is 5.73 Å². The molecule has 0 amide bonds. The molecule has 2 heteroatoms. The Hall–Kier alpha value is -0.860. The van der Waals surface area contributed by atoms with E-state index in [0.717, 1.165) is 13.0 Å². The molecule has 0 heterocycles. The van der Waals surface area contributed by atoms with Crippen molar-refractivity contribution in [3.8, 4) is 0 Å². The third-order valence-electron chi connectivity index (χ3n) is 4.01. The highest BCUT2D eigenvalue weighted by Crippen LogP contribution is 2.21. The first-order valence-electron chi connectivity index (χ1n) is 6.80. The van der Waals surface area contributed by atoms with Crippen LogP contribution in [0.3, 0.4) is 0 Å². The van der Waals surface area contributed by atoms with Crippen LogP contribution in [0.15, 0.2) is 6.07 Å². The number of hydrogen-bond acceptors (Lipinski definition) is 2. The first-order valence-corrected chi connectivity index (χ1v) is 6.80. The third kappa shape index (κ3) is 3.56. The summed E-state index contributed by atoms with van der Waals surface area (Å²) in [6.07, 6.45) is 1.07. The van der Waals surface area contributed by atoms with Gasteiger partial charge in [0.15, 0.2) is 0 Å². The molecule has 0 atom stereocenters. The topological polar surface area (TPSA) is 38.0 Å². The summed E-state index contributed by atoms with van der Waals surface area (Å²) in [5.74, 6) is 0. The second-order valence-electron chi connectivity index (χ2n) is 6.00. The molecule has 0 aliphatic carbocycles. The van der Waals surface area contributed by atoms with Crippen molar-refractivity contribution in [2.75, 3.05) is 13.1 Å². The summed E-state index contributed by atoms with van der Waals surface area (Å²) in [5, 5.41) is 3.53. The summed E-state index contributed by atoms with van der Waals surface area (Å²) in [6, 6.07) is 2.28. The smallest absolute Gasteiger partial charge is 0.0247 e. The molecule has 0 saturated carbocycles. The van der Waals surface area contributed by atoms with Gasteiger partial charge in [-0.3, -0.25) is 0 Å². The predicted molar refractivity (Wildman–Crippen MR) is 80.2 cm³/mol. The van der Waals surface area contributed by atoms with E-state index in [1.54, 1.807) is 0 Å². The summed E-state index contributed by atoms with van der Waals surface area (Å²) in [4.78, 5) is 0. The molecule has 0 radical (unpaired) electrons. The minimum atomic E-state index is 0.0285. The molecule has 0 unspecified atom stereocenters. The molecule has 3 N–H and O–H groups in total. The maximum absolute atomic E-state index is 5.73. The van der Waals surface area contributed by atoms with Crippen molar-refractivity contribution in [2.45, 2.75) is 53.5 Å². The van der Waals surface area contributed by atoms with E-state index >= 15 is 0 Å². The fraction of sp³-hybridized carbons (Fsp3) is 0.625. The Morgan fingerprint density at radius 1 is 1.06 bits per heavy atom. The van der Waals surface area contributed by atoms with E-state index in [-0.39, 0.29) is 5.54 Å². The van der Waals surface area contributed by atoms with Crippen molar-refractivity contribution in [1.29, 1.82) is 0 Å². The zero-order chi connectivity index (χ0) is 13.9. The van der Waals surface area contributed by atoms with Gasteiger partial charge in [-0.25, -0.2) is 0 Å². The Balaban J connectivity index is 2.80. The van der Waals surface area contributed by atoms with Gasteiger partial charge in [-0.2, -0.15) is 0 Å². The first-order chi connectivity index (χ1) is 8.28. The average molecular weight is 248 g/mol. The quantitative estimate of drug-likeness (QED) is 0.841. The summed E-state index contributed by atoms with van der Waals surface area (Å²) in [5.41, 5.74) is 12.9. The van der Waals surface area contributed by atoms with Crippen LogP contribution >= 0.6 is 0 Å². The highest BCUT2D eigenvalue weighted by atomic mass is 15.0. The largest absolute Gasteiger partial charge is 0.329 e. The fourth-order valence-corrected chi connectivity index (χ4v) is 2.27. The number of nitrogens with two attached hydrogens (primary N) is 1. The minimum absolute atomic E-state index is 0.0285. The number of hydrogen-bond donors (Lipinski definition) is 2. The number of nitrogens with one attached hydrogen (secondary N) is 1. The summed E-state index contributed by atoms with van der Waals surface area (Å²) in [7, 11) is 0. The Labute approximate surface area is 112 Å². The van der Waals surface area contributed by atoms with Gasteiger partial charge in [0.1, 0.15) is 0 Å². The van der Waals surface area contributed by atoms with Gasteiger partial charge in [-0.05, 0) is 82.3 Å². The second-order valence-corrected chi connectivity index (χ2v) is 6.00. The van der Waals surface area contributed by atoms with Crippen LogP contribution in [0.5, 0.6) is 0 Å². The van der Waals surface area contributed by atoms with Gasteiger partial charge in [-0.15, -0.1) is 0 Å². The lowest BCUT2D eigenvalue weighted by molar-refractivity contribution is 0.401. The van der Waals surface area contributed by atoms with Crippen LogP contribution in [0.2, 0.25) is 0 Å². The van der Waals surface area contributed by atoms with Crippen molar-refractivity contribution < 1.29 is 0 Å². The second kappa shape index (κ2) is 5.85. The molecule has 0 bridgehead atoms. The molecule has 0 aliphatic rings.